The van der Waals surface area contributed by atoms with Crippen LogP contribution in [0.2, 0.25) is 0 Å². The Morgan fingerprint density at radius 1 is 1.04 bits per heavy atom. The minimum atomic E-state index is -0.220. The lowest BCUT2D eigenvalue weighted by Gasteiger charge is -2.08. The fraction of sp³-hybridized carbons (Fsp3) is 0.286. The first-order valence-electron chi connectivity index (χ1n) is 8.60. The van der Waals surface area contributed by atoms with E-state index in [9.17, 15) is 4.79 Å². The molecule has 0 bridgehead atoms. The number of ether oxygens (including phenoxy) is 3. The number of amides is 1. The third-order valence-corrected chi connectivity index (χ3v) is 3.74. The van der Waals surface area contributed by atoms with Gasteiger partial charge in [0.2, 0.25) is 5.91 Å². The third-order valence-electron chi connectivity index (χ3n) is 3.74. The van der Waals surface area contributed by atoms with Gasteiger partial charge in [-0.1, -0.05) is 13.3 Å². The van der Waals surface area contributed by atoms with Gasteiger partial charge in [-0.25, -0.2) is 0 Å². The van der Waals surface area contributed by atoms with Crippen molar-refractivity contribution in [1.29, 1.82) is 0 Å². The number of unbranched alkanes of at least 4 members (excludes halogenated alkanes) is 1. The van der Waals surface area contributed by atoms with Gasteiger partial charge in [-0.2, -0.15) is 0 Å². The maximum atomic E-state index is 12.1. The number of methoxy groups -OCH3 is 2. The van der Waals surface area contributed by atoms with E-state index in [0.29, 0.717) is 23.8 Å². The molecule has 5 nitrogen and oxygen atoms in total. The average Bonchev–Trinajstić information content (AvgIpc) is 2.67. The molecule has 1 N–H and O–H groups in total. The molecule has 0 aliphatic heterocycles. The first kappa shape index (κ1) is 19.4. The Labute approximate surface area is 154 Å². The molecular formula is C21H25NO4. The Hall–Kier alpha value is -2.95. The number of rotatable bonds is 9. The second kappa shape index (κ2) is 10.1. The van der Waals surface area contributed by atoms with Gasteiger partial charge in [0, 0.05) is 23.4 Å². The van der Waals surface area contributed by atoms with E-state index in [1.165, 1.54) is 6.08 Å². The summed E-state index contributed by atoms with van der Waals surface area (Å²) in [6, 6.07) is 12.8. The molecule has 5 heteroatoms. The Kier molecular flexibility index (Phi) is 7.55. The molecule has 0 aliphatic rings. The van der Waals surface area contributed by atoms with E-state index in [0.717, 1.165) is 24.2 Å². The van der Waals surface area contributed by atoms with E-state index in [1.54, 1.807) is 26.4 Å². The largest absolute Gasteiger partial charge is 0.497 e. The fourth-order valence-electron chi connectivity index (χ4n) is 2.27. The Morgan fingerprint density at radius 3 is 2.42 bits per heavy atom. The van der Waals surface area contributed by atoms with E-state index in [1.807, 2.05) is 36.4 Å². The molecule has 0 unspecified atom stereocenters. The quantitative estimate of drug-likeness (QED) is 0.530. The van der Waals surface area contributed by atoms with Crippen LogP contribution >= 0.6 is 0 Å². The molecule has 138 valence electrons. The standard InChI is InChI=1S/C21H25NO4/c1-4-5-14-26-18-11-8-17(9-12-18)22-21(23)13-7-16-6-10-19(24-2)15-20(16)25-3/h6-13,15H,4-5,14H2,1-3H3,(H,22,23). The van der Waals surface area contributed by atoms with E-state index in [-0.39, 0.29) is 5.91 Å². The van der Waals surface area contributed by atoms with Gasteiger partial charge >= 0.3 is 0 Å². The molecule has 0 saturated carbocycles. The molecule has 0 spiro atoms. The lowest BCUT2D eigenvalue weighted by atomic mass is 10.1. The zero-order chi connectivity index (χ0) is 18.8. The van der Waals surface area contributed by atoms with Crippen molar-refractivity contribution in [3.63, 3.8) is 0 Å². The topological polar surface area (TPSA) is 56.8 Å². The van der Waals surface area contributed by atoms with Crippen LogP contribution in [0.5, 0.6) is 17.2 Å². The van der Waals surface area contributed by atoms with Crippen LogP contribution in [-0.2, 0) is 4.79 Å². The maximum absolute atomic E-state index is 12.1. The van der Waals surface area contributed by atoms with Gasteiger partial charge < -0.3 is 19.5 Å². The van der Waals surface area contributed by atoms with Gasteiger partial charge in [0.05, 0.1) is 20.8 Å². The van der Waals surface area contributed by atoms with Gasteiger partial charge in [-0.05, 0) is 48.9 Å². The van der Waals surface area contributed by atoms with Gasteiger partial charge in [-0.3, -0.25) is 4.79 Å². The lowest BCUT2D eigenvalue weighted by molar-refractivity contribution is -0.111. The highest BCUT2D eigenvalue weighted by Gasteiger charge is 2.04. The summed E-state index contributed by atoms with van der Waals surface area (Å²) < 4.78 is 16.1. The van der Waals surface area contributed by atoms with Crippen LogP contribution < -0.4 is 19.5 Å². The zero-order valence-electron chi connectivity index (χ0n) is 15.5. The second-order valence-corrected chi connectivity index (χ2v) is 5.66. The molecule has 2 aromatic rings. The number of benzene rings is 2. The second-order valence-electron chi connectivity index (χ2n) is 5.66. The average molecular weight is 355 g/mol. The molecule has 0 saturated heterocycles. The summed E-state index contributed by atoms with van der Waals surface area (Å²) in [6.07, 6.45) is 5.30. The Morgan fingerprint density at radius 2 is 1.77 bits per heavy atom. The van der Waals surface area contributed by atoms with Crippen molar-refractivity contribution in [3.8, 4) is 17.2 Å². The molecular weight excluding hydrogens is 330 g/mol. The summed E-state index contributed by atoms with van der Waals surface area (Å²) in [7, 11) is 3.17. The van der Waals surface area contributed by atoms with Crippen LogP contribution in [-0.4, -0.2) is 26.7 Å². The van der Waals surface area contributed by atoms with E-state index in [2.05, 4.69) is 12.2 Å². The molecule has 0 aliphatic carbocycles. The van der Waals surface area contributed by atoms with Crippen LogP contribution in [0, 0.1) is 0 Å². The highest BCUT2D eigenvalue weighted by molar-refractivity contribution is 6.02. The number of anilines is 1. The minimum Gasteiger partial charge on any atom is -0.497 e. The summed E-state index contributed by atoms with van der Waals surface area (Å²) in [5.41, 5.74) is 1.51. The lowest BCUT2D eigenvalue weighted by Crippen LogP contribution is -2.07. The fourth-order valence-corrected chi connectivity index (χ4v) is 2.27. The van der Waals surface area contributed by atoms with Crippen LogP contribution in [0.3, 0.4) is 0 Å². The van der Waals surface area contributed by atoms with Crippen molar-refractivity contribution in [2.45, 2.75) is 19.8 Å². The number of hydrogen-bond acceptors (Lipinski definition) is 4. The zero-order valence-corrected chi connectivity index (χ0v) is 15.5. The Balaban J connectivity index is 1.94. The Bertz CT molecular complexity index is 738. The van der Waals surface area contributed by atoms with Crippen molar-refractivity contribution in [2.24, 2.45) is 0 Å². The van der Waals surface area contributed by atoms with Crippen molar-refractivity contribution in [1.82, 2.24) is 0 Å². The first-order chi connectivity index (χ1) is 12.7. The number of carbonyl (C=O) groups is 1. The van der Waals surface area contributed by atoms with E-state index >= 15 is 0 Å². The minimum absolute atomic E-state index is 0.220. The molecule has 0 fully saturated rings. The maximum Gasteiger partial charge on any atom is 0.248 e. The molecule has 0 radical (unpaired) electrons. The molecule has 0 heterocycles. The normalized spacial score (nSPS) is 10.6. The van der Waals surface area contributed by atoms with Crippen molar-refractivity contribution in [2.75, 3.05) is 26.1 Å². The summed E-state index contributed by atoms with van der Waals surface area (Å²) in [4.78, 5) is 12.1. The molecule has 0 atom stereocenters. The predicted octanol–water partition coefficient (Wildman–Crippen LogP) is 4.53. The molecule has 26 heavy (non-hydrogen) atoms. The SMILES string of the molecule is CCCCOc1ccc(NC(=O)C=Cc2ccc(OC)cc2OC)cc1. The molecule has 2 rings (SSSR count). The van der Waals surface area contributed by atoms with Gasteiger partial charge in [-0.15, -0.1) is 0 Å². The van der Waals surface area contributed by atoms with Crippen molar-refractivity contribution < 1.29 is 19.0 Å². The highest BCUT2D eigenvalue weighted by Crippen LogP contribution is 2.25. The van der Waals surface area contributed by atoms with Crippen molar-refractivity contribution in [3.05, 3.63) is 54.1 Å². The number of carbonyl (C=O) groups excluding carboxylic acids is 1. The van der Waals surface area contributed by atoms with E-state index in [4.69, 9.17) is 14.2 Å². The van der Waals surface area contributed by atoms with Crippen LogP contribution in [0.25, 0.3) is 6.08 Å². The van der Waals surface area contributed by atoms with Crippen LogP contribution in [0.15, 0.2) is 48.5 Å². The van der Waals surface area contributed by atoms with Gasteiger partial charge in [0.1, 0.15) is 17.2 Å². The number of hydrogen-bond donors (Lipinski definition) is 1. The van der Waals surface area contributed by atoms with Crippen LogP contribution in [0.1, 0.15) is 25.3 Å². The number of nitrogens with one attached hydrogen (secondary N) is 1. The molecule has 1 amide bonds. The van der Waals surface area contributed by atoms with Crippen molar-refractivity contribution >= 4 is 17.7 Å². The monoisotopic (exact) mass is 355 g/mol. The smallest absolute Gasteiger partial charge is 0.248 e. The predicted molar refractivity (Wildman–Crippen MR) is 104 cm³/mol. The summed E-state index contributed by atoms with van der Waals surface area (Å²) >= 11 is 0. The van der Waals surface area contributed by atoms with Gasteiger partial charge in [0.15, 0.2) is 0 Å². The summed E-state index contributed by atoms with van der Waals surface area (Å²) in [5.74, 6) is 1.92. The van der Waals surface area contributed by atoms with Gasteiger partial charge in [0.25, 0.3) is 0 Å². The molecule has 2 aromatic carbocycles. The summed E-state index contributed by atoms with van der Waals surface area (Å²) in [5, 5.41) is 2.82. The highest BCUT2D eigenvalue weighted by atomic mass is 16.5. The van der Waals surface area contributed by atoms with Crippen LogP contribution in [0.4, 0.5) is 5.69 Å². The summed E-state index contributed by atoms with van der Waals surface area (Å²) in [6.45, 7) is 2.83. The first-order valence-corrected chi connectivity index (χ1v) is 8.60. The third kappa shape index (κ3) is 5.84. The van der Waals surface area contributed by atoms with E-state index < -0.39 is 0 Å². The molecule has 0 aromatic heterocycles.